The first kappa shape index (κ1) is 15.6. The van der Waals surface area contributed by atoms with E-state index in [1.807, 2.05) is 11.4 Å². The summed E-state index contributed by atoms with van der Waals surface area (Å²) in [6, 6.07) is 4.08. The van der Waals surface area contributed by atoms with Gasteiger partial charge in [0.15, 0.2) is 0 Å². The van der Waals surface area contributed by atoms with Gasteiger partial charge in [0.05, 0.1) is 19.1 Å². The van der Waals surface area contributed by atoms with Crippen LogP contribution in [-0.4, -0.2) is 61.1 Å². The molecule has 4 heterocycles. The van der Waals surface area contributed by atoms with E-state index in [-0.39, 0.29) is 5.91 Å². The van der Waals surface area contributed by atoms with E-state index in [2.05, 4.69) is 15.9 Å². The lowest BCUT2D eigenvalue weighted by Gasteiger charge is -2.36. The van der Waals surface area contributed by atoms with E-state index >= 15 is 0 Å². The Hall–Kier alpha value is -0.910. The zero-order chi connectivity index (χ0) is 15.6. The van der Waals surface area contributed by atoms with Gasteiger partial charge in [0.25, 0.3) is 0 Å². The number of carbonyl (C=O) groups is 1. The van der Waals surface area contributed by atoms with Crippen LogP contribution in [0.2, 0.25) is 0 Å². The summed E-state index contributed by atoms with van der Waals surface area (Å²) in [5.74, 6) is 1.49. The Morgan fingerprint density at radius 2 is 2.17 bits per heavy atom. The molecule has 5 heteroatoms. The minimum atomic E-state index is 0.286. The van der Waals surface area contributed by atoms with Crippen molar-refractivity contribution in [3.8, 4) is 0 Å². The summed E-state index contributed by atoms with van der Waals surface area (Å²) in [4.78, 5) is 18.3. The van der Waals surface area contributed by atoms with Gasteiger partial charge < -0.3 is 14.5 Å². The van der Waals surface area contributed by atoms with Crippen molar-refractivity contribution in [2.75, 3.05) is 39.3 Å². The number of carbonyl (C=O) groups excluding carboxylic acids is 1. The van der Waals surface area contributed by atoms with Crippen LogP contribution in [-0.2, 0) is 16.0 Å². The molecule has 4 rings (SSSR count). The Morgan fingerprint density at radius 1 is 1.30 bits per heavy atom. The number of rotatable bonds is 4. The Morgan fingerprint density at radius 3 is 2.96 bits per heavy atom. The van der Waals surface area contributed by atoms with Crippen LogP contribution in [0, 0.1) is 11.8 Å². The summed E-state index contributed by atoms with van der Waals surface area (Å²) in [7, 11) is 0. The van der Waals surface area contributed by atoms with Crippen molar-refractivity contribution in [1.29, 1.82) is 0 Å². The van der Waals surface area contributed by atoms with Gasteiger partial charge in [0.2, 0.25) is 5.91 Å². The van der Waals surface area contributed by atoms with Crippen molar-refractivity contribution in [3.63, 3.8) is 0 Å². The summed E-state index contributed by atoms with van der Waals surface area (Å²) in [5.41, 5.74) is 0. The zero-order valence-corrected chi connectivity index (χ0v) is 14.5. The highest BCUT2D eigenvalue weighted by Gasteiger charge is 2.42. The Balaban J connectivity index is 1.31. The smallest absolute Gasteiger partial charge is 0.227 e. The Labute approximate surface area is 142 Å². The van der Waals surface area contributed by atoms with E-state index in [9.17, 15) is 4.79 Å². The predicted molar refractivity (Wildman–Crippen MR) is 91.6 cm³/mol. The number of nitrogens with zero attached hydrogens (tertiary/aromatic N) is 2. The molecule has 0 radical (unpaired) electrons. The van der Waals surface area contributed by atoms with Gasteiger partial charge in [-0.25, -0.2) is 0 Å². The van der Waals surface area contributed by atoms with Gasteiger partial charge in [0.1, 0.15) is 0 Å². The van der Waals surface area contributed by atoms with Crippen molar-refractivity contribution < 1.29 is 9.53 Å². The van der Waals surface area contributed by atoms with Crippen LogP contribution in [0.1, 0.15) is 24.1 Å². The van der Waals surface area contributed by atoms with E-state index < -0.39 is 0 Å². The van der Waals surface area contributed by atoms with Gasteiger partial charge in [0, 0.05) is 30.4 Å². The summed E-state index contributed by atoms with van der Waals surface area (Å²) < 4.78 is 6.12. The molecule has 3 atom stereocenters. The van der Waals surface area contributed by atoms with E-state index in [0.29, 0.717) is 24.4 Å². The minimum absolute atomic E-state index is 0.286. The van der Waals surface area contributed by atoms with Crippen LogP contribution in [0.25, 0.3) is 0 Å². The van der Waals surface area contributed by atoms with Crippen LogP contribution in [0.3, 0.4) is 0 Å². The van der Waals surface area contributed by atoms with Gasteiger partial charge in [-0.05, 0) is 49.7 Å². The summed E-state index contributed by atoms with van der Waals surface area (Å²) >= 11 is 1.68. The van der Waals surface area contributed by atoms with E-state index in [4.69, 9.17) is 4.74 Å². The summed E-state index contributed by atoms with van der Waals surface area (Å²) in [5, 5.41) is 2.04. The summed E-state index contributed by atoms with van der Waals surface area (Å²) in [6.45, 7) is 6.22. The maximum absolute atomic E-state index is 12.5. The topological polar surface area (TPSA) is 32.8 Å². The van der Waals surface area contributed by atoms with E-state index in [1.54, 1.807) is 11.3 Å². The molecular formula is C18H26N2O2S. The number of fused-ring (bicyclic) bond motifs is 1. The van der Waals surface area contributed by atoms with Crippen LogP contribution >= 0.6 is 11.3 Å². The average molecular weight is 334 g/mol. The third kappa shape index (κ3) is 3.47. The fourth-order valence-corrected chi connectivity index (χ4v) is 5.09. The molecule has 0 saturated carbocycles. The minimum Gasteiger partial charge on any atom is -0.376 e. The van der Waals surface area contributed by atoms with Crippen LogP contribution in [0.4, 0.5) is 0 Å². The van der Waals surface area contributed by atoms with E-state index in [1.165, 1.54) is 30.8 Å². The van der Waals surface area contributed by atoms with Gasteiger partial charge in [-0.2, -0.15) is 0 Å². The molecule has 4 nitrogen and oxygen atoms in total. The summed E-state index contributed by atoms with van der Waals surface area (Å²) in [6.07, 6.45) is 4.75. The number of hydrogen-bond acceptors (Lipinski definition) is 4. The highest BCUT2D eigenvalue weighted by molar-refractivity contribution is 7.10. The fourth-order valence-electron chi connectivity index (χ4n) is 4.40. The molecule has 1 aromatic heterocycles. The first-order valence-electron chi connectivity index (χ1n) is 8.94. The van der Waals surface area contributed by atoms with Crippen LogP contribution < -0.4 is 0 Å². The Kier molecular flexibility index (Phi) is 4.69. The molecule has 0 N–H and O–H groups in total. The first-order valence-corrected chi connectivity index (χ1v) is 9.81. The molecule has 0 bridgehead atoms. The van der Waals surface area contributed by atoms with Crippen molar-refractivity contribution in [3.05, 3.63) is 22.4 Å². The third-order valence-electron chi connectivity index (χ3n) is 5.69. The molecule has 23 heavy (non-hydrogen) atoms. The van der Waals surface area contributed by atoms with Crippen LogP contribution in [0.5, 0.6) is 0 Å². The second-order valence-electron chi connectivity index (χ2n) is 7.19. The van der Waals surface area contributed by atoms with Crippen LogP contribution in [0.15, 0.2) is 17.5 Å². The number of amides is 1. The molecule has 1 aromatic rings. The molecule has 1 amide bonds. The quantitative estimate of drug-likeness (QED) is 0.847. The van der Waals surface area contributed by atoms with Crippen molar-refractivity contribution in [2.45, 2.75) is 31.8 Å². The maximum atomic E-state index is 12.5. The first-order chi connectivity index (χ1) is 11.3. The zero-order valence-electron chi connectivity index (χ0n) is 13.7. The highest BCUT2D eigenvalue weighted by atomic mass is 32.1. The average Bonchev–Trinajstić information content (AvgIpc) is 3.30. The maximum Gasteiger partial charge on any atom is 0.227 e. The monoisotopic (exact) mass is 334 g/mol. The number of likely N-dealkylation sites (tertiary alicyclic amines) is 2. The third-order valence-corrected chi connectivity index (χ3v) is 6.57. The van der Waals surface area contributed by atoms with Gasteiger partial charge in [-0.15, -0.1) is 11.3 Å². The fraction of sp³-hybridized carbons (Fsp3) is 0.722. The lowest BCUT2D eigenvalue weighted by atomic mass is 9.84. The van der Waals surface area contributed by atoms with Gasteiger partial charge in [-0.1, -0.05) is 6.07 Å². The SMILES string of the molecule is O=C(Cc1cccs1)N1CC[C@@H]2[C@@H](CO[C@H]2CN2CCCC2)C1. The molecule has 0 aliphatic carbocycles. The number of piperidine rings is 1. The predicted octanol–water partition coefficient (Wildman–Crippen LogP) is 2.25. The van der Waals surface area contributed by atoms with Crippen molar-refractivity contribution >= 4 is 17.2 Å². The lowest BCUT2D eigenvalue weighted by Crippen LogP contribution is -2.46. The van der Waals surface area contributed by atoms with Crippen molar-refractivity contribution in [1.82, 2.24) is 9.80 Å². The molecular weight excluding hydrogens is 308 g/mol. The molecule has 0 aromatic carbocycles. The van der Waals surface area contributed by atoms with Crippen molar-refractivity contribution in [2.24, 2.45) is 11.8 Å². The standard InChI is InChI=1S/C18H26N2O2S/c21-18(10-15-4-3-9-23-15)20-8-5-16-14(11-20)13-22-17(16)12-19-6-1-2-7-19/h3-4,9,14,16-17H,1-2,5-8,10-13H2/t14-,16-,17+/m1/s1. The molecule has 3 fully saturated rings. The molecule has 0 unspecified atom stereocenters. The highest BCUT2D eigenvalue weighted by Crippen LogP contribution is 2.35. The van der Waals surface area contributed by atoms with E-state index in [0.717, 1.165) is 32.7 Å². The Bertz CT molecular complexity index is 527. The largest absolute Gasteiger partial charge is 0.376 e. The van der Waals surface area contributed by atoms with Gasteiger partial charge in [-0.3, -0.25) is 4.79 Å². The number of ether oxygens (including phenoxy) is 1. The normalized spacial score (nSPS) is 31.5. The molecule has 126 valence electrons. The lowest BCUT2D eigenvalue weighted by molar-refractivity contribution is -0.132. The second kappa shape index (κ2) is 6.91. The molecule has 3 aliphatic heterocycles. The molecule has 3 aliphatic rings. The second-order valence-corrected chi connectivity index (χ2v) is 8.22. The number of hydrogen-bond donors (Lipinski definition) is 0. The molecule has 0 spiro atoms. The molecule has 3 saturated heterocycles. The number of thiophene rings is 1. The van der Waals surface area contributed by atoms with Gasteiger partial charge >= 0.3 is 0 Å².